The van der Waals surface area contributed by atoms with Gasteiger partial charge in [0.2, 0.25) is 8.32 Å². The highest BCUT2D eigenvalue weighted by atomic mass is 79.9. The van der Waals surface area contributed by atoms with Crippen LogP contribution >= 0.6 is 15.9 Å². The fourth-order valence-electron chi connectivity index (χ4n) is 3.31. The van der Waals surface area contributed by atoms with Crippen LogP contribution in [0.5, 0.6) is 0 Å². The van der Waals surface area contributed by atoms with E-state index in [1.54, 1.807) is 7.11 Å². The Bertz CT molecular complexity index is 1050. The van der Waals surface area contributed by atoms with Crippen molar-refractivity contribution in [2.24, 2.45) is 0 Å². The molecule has 0 aliphatic carbocycles. The van der Waals surface area contributed by atoms with Gasteiger partial charge in [0.25, 0.3) is 0 Å². The van der Waals surface area contributed by atoms with Gasteiger partial charge >= 0.3 is 0 Å². The standard InChI is InChI=1S/C27H36BrN3O2Si/c1-8-30(33-34(6,7)27(2,3)4)23-17-19-26(20-18-23)31(24-13-9-21(28)10-14-24)25-15-11-22(12-16-25)29-32-5/h9-20,29H,8H2,1-7H3. The molecule has 0 heterocycles. The van der Waals surface area contributed by atoms with Crippen LogP contribution in [-0.4, -0.2) is 22.0 Å². The van der Waals surface area contributed by atoms with Crippen LogP contribution in [0.2, 0.25) is 18.1 Å². The average molecular weight is 543 g/mol. The number of nitrogens with zero attached hydrogens (tertiary/aromatic N) is 2. The highest BCUT2D eigenvalue weighted by Crippen LogP contribution is 2.39. The summed E-state index contributed by atoms with van der Waals surface area (Å²) in [5, 5.41) is 2.18. The molecule has 7 heteroatoms. The van der Waals surface area contributed by atoms with Gasteiger partial charge in [-0.2, -0.15) is 0 Å². The molecule has 0 aliphatic heterocycles. The van der Waals surface area contributed by atoms with Crippen LogP contribution in [0.3, 0.4) is 0 Å². The topological polar surface area (TPSA) is 37.0 Å². The first-order chi connectivity index (χ1) is 16.1. The number of anilines is 5. The maximum atomic E-state index is 6.59. The molecule has 0 unspecified atom stereocenters. The van der Waals surface area contributed by atoms with Gasteiger partial charge in [0, 0.05) is 28.1 Å². The smallest absolute Gasteiger partial charge is 0.228 e. The second kappa shape index (κ2) is 10.9. The molecule has 3 aromatic rings. The van der Waals surface area contributed by atoms with E-state index in [1.807, 2.05) is 17.2 Å². The van der Waals surface area contributed by atoms with E-state index in [0.717, 1.165) is 39.5 Å². The summed E-state index contributed by atoms with van der Waals surface area (Å²) in [6, 6.07) is 25.1. The molecule has 1 N–H and O–H groups in total. The first-order valence-corrected chi connectivity index (χ1v) is 15.3. The number of rotatable bonds is 9. The van der Waals surface area contributed by atoms with E-state index in [-0.39, 0.29) is 5.04 Å². The summed E-state index contributed by atoms with van der Waals surface area (Å²) < 4.78 is 7.64. The van der Waals surface area contributed by atoms with Gasteiger partial charge in [0.05, 0.1) is 18.5 Å². The van der Waals surface area contributed by atoms with Gasteiger partial charge in [-0.25, -0.2) is 0 Å². The normalized spacial score (nSPS) is 11.9. The van der Waals surface area contributed by atoms with Crippen molar-refractivity contribution in [1.82, 2.24) is 0 Å². The number of hydrogen-bond acceptors (Lipinski definition) is 5. The summed E-state index contributed by atoms with van der Waals surface area (Å²) >= 11 is 3.55. The lowest BCUT2D eigenvalue weighted by atomic mass is 10.1. The van der Waals surface area contributed by atoms with E-state index < -0.39 is 8.32 Å². The SMILES string of the molecule is CCN(O[Si](C)(C)C(C)(C)C)c1ccc(N(c2ccc(Br)cc2)c2ccc(NOC)cc2)cc1. The third-order valence-electron chi connectivity index (χ3n) is 6.26. The largest absolute Gasteiger partial charge is 0.319 e. The molecule has 0 atom stereocenters. The number of nitrogens with one attached hydrogen (secondary N) is 1. The third-order valence-corrected chi connectivity index (χ3v) is 11.1. The van der Waals surface area contributed by atoms with Crippen molar-refractivity contribution in [2.45, 2.75) is 45.8 Å². The molecule has 182 valence electrons. The molecule has 0 amide bonds. The van der Waals surface area contributed by atoms with Gasteiger partial charge in [0.1, 0.15) is 0 Å². The molecule has 0 saturated heterocycles. The fourth-order valence-corrected chi connectivity index (χ4v) is 4.64. The summed E-state index contributed by atoms with van der Waals surface area (Å²) in [4.78, 5) is 7.26. The van der Waals surface area contributed by atoms with E-state index in [1.165, 1.54) is 0 Å². The Morgan fingerprint density at radius 3 is 1.68 bits per heavy atom. The fraction of sp³-hybridized carbons (Fsp3) is 0.333. The number of benzene rings is 3. The summed E-state index contributed by atoms with van der Waals surface area (Å²) in [6.07, 6.45) is 0. The molecule has 5 nitrogen and oxygen atoms in total. The van der Waals surface area contributed by atoms with E-state index in [2.05, 4.69) is 128 Å². The minimum atomic E-state index is -1.94. The van der Waals surface area contributed by atoms with Crippen LogP contribution in [0.4, 0.5) is 28.4 Å². The number of hydrogen-bond donors (Lipinski definition) is 1. The Hall–Kier alpha value is -2.32. The van der Waals surface area contributed by atoms with Gasteiger partial charge < -0.3 is 9.43 Å². The summed E-state index contributed by atoms with van der Waals surface area (Å²) in [5.41, 5.74) is 8.04. The molecular weight excluding hydrogens is 506 g/mol. The molecule has 0 fully saturated rings. The second-order valence-electron chi connectivity index (χ2n) is 9.73. The lowest BCUT2D eigenvalue weighted by Gasteiger charge is -2.40. The van der Waals surface area contributed by atoms with Crippen molar-refractivity contribution in [2.75, 3.05) is 29.1 Å². The van der Waals surface area contributed by atoms with Gasteiger partial charge in [-0.05, 0) is 97.9 Å². The Kier molecular flexibility index (Phi) is 8.46. The van der Waals surface area contributed by atoms with E-state index in [9.17, 15) is 0 Å². The Labute approximate surface area is 213 Å². The van der Waals surface area contributed by atoms with Crippen LogP contribution in [-0.2, 0) is 9.36 Å². The number of halogens is 1. The molecule has 0 bridgehead atoms. The van der Waals surface area contributed by atoms with Gasteiger partial charge in [-0.1, -0.05) is 36.7 Å². The molecule has 34 heavy (non-hydrogen) atoms. The quantitative estimate of drug-likeness (QED) is 0.216. The van der Waals surface area contributed by atoms with Crippen molar-refractivity contribution >= 4 is 52.7 Å². The predicted octanol–water partition coefficient (Wildman–Crippen LogP) is 8.66. The minimum absolute atomic E-state index is 0.141. The highest BCUT2D eigenvalue weighted by Gasteiger charge is 2.39. The summed E-state index contributed by atoms with van der Waals surface area (Å²) in [6.45, 7) is 14.3. The third kappa shape index (κ3) is 6.21. The van der Waals surface area contributed by atoms with Crippen LogP contribution < -0.4 is 15.4 Å². The van der Waals surface area contributed by atoms with Gasteiger partial charge in [-0.3, -0.25) is 15.4 Å². The zero-order valence-corrected chi connectivity index (χ0v) is 23.8. The molecule has 0 aliphatic rings. The number of hydroxylamine groups is 1. The molecule has 3 aromatic carbocycles. The average Bonchev–Trinajstić information content (AvgIpc) is 2.80. The molecule has 0 aromatic heterocycles. The van der Waals surface area contributed by atoms with Crippen molar-refractivity contribution in [3.05, 3.63) is 77.3 Å². The van der Waals surface area contributed by atoms with E-state index in [4.69, 9.17) is 9.36 Å². The summed E-state index contributed by atoms with van der Waals surface area (Å²) in [7, 11) is -0.326. The van der Waals surface area contributed by atoms with E-state index >= 15 is 0 Å². The Morgan fingerprint density at radius 1 is 0.794 bits per heavy atom. The Morgan fingerprint density at radius 2 is 1.24 bits per heavy atom. The first-order valence-electron chi connectivity index (χ1n) is 11.6. The van der Waals surface area contributed by atoms with Crippen LogP contribution in [0, 0.1) is 0 Å². The van der Waals surface area contributed by atoms with Crippen molar-refractivity contribution in [1.29, 1.82) is 0 Å². The van der Waals surface area contributed by atoms with Crippen molar-refractivity contribution in [3.8, 4) is 0 Å². The van der Waals surface area contributed by atoms with Crippen LogP contribution in [0.15, 0.2) is 77.3 Å². The molecule has 0 radical (unpaired) electrons. The Balaban J connectivity index is 1.95. The van der Waals surface area contributed by atoms with Gasteiger partial charge in [0.15, 0.2) is 0 Å². The molecular formula is C27H36BrN3O2Si. The first kappa shape index (κ1) is 26.3. The zero-order valence-electron chi connectivity index (χ0n) is 21.2. The lowest BCUT2D eigenvalue weighted by Crippen LogP contribution is -2.46. The maximum absolute atomic E-state index is 6.59. The summed E-state index contributed by atoms with van der Waals surface area (Å²) in [5.74, 6) is 0. The van der Waals surface area contributed by atoms with Gasteiger partial charge in [-0.15, -0.1) is 0 Å². The van der Waals surface area contributed by atoms with Crippen LogP contribution in [0.25, 0.3) is 0 Å². The monoisotopic (exact) mass is 541 g/mol. The van der Waals surface area contributed by atoms with Crippen molar-refractivity contribution in [3.63, 3.8) is 0 Å². The van der Waals surface area contributed by atoms with E-state index in [0.29, 0.717) is 0 Å². The lowest BCUT2D eigenvalue weighted by molar-refractivity contribution is 0.257. The molecule has 0 saturated carbocycles. The zero-order chi connectivity index (χ0) is 24.9. The molecule has 0 spiro atoms. The minimum Gasteiger partial charge on any atom is -0.319 e. The van der Waals surface area contributed by atoms with Crippen LogP contribution in [0.1, 0.15) is 27.7 Å². The highest BCUT2D eigenvalue weighted by molar-refractivity contribution is 9.10. The van der Waals surface area contributed by atoms with Crippen molar-refractivity contribution < 1.29 is 9.36 Å². The predicted molar refractivity (Wildman–Crippen MR) is 151 cm³/mol. The maximum Gasteiger partial charge on any atom is 0.228 e. The second-order valence-corrected chi connectivity index (χ2v) is 15.3. The molecule has 3 rings (SSSR count).